The third-order valence-electron chi connectivity index (χ3n) is 5.23. The molecule has 0 fully saturated rings. The maximum atomic E-state index is 12.3. The number of carbonyl (C=O) groups is 2. The van der Waals surface area contributed by atoms with Crippen LogP contribution in [0.3, 0.4) is 0 Å². The van der Waals surface area contributed by atoms with Gasteiger partial charge in [-0.1, -0.05) is 30.3 Å². The van der Waals surface area contributed by atoms with Gasteiger partial charge in [-0.25, -0.2) is 0 Å². The quantitative estimate of drug-likeness (QED) is 0.649. The van der Waals surface area contributed by atoms with Gasteiger partial charge >= 0.3 is 0 Å². The zero-order valence-corrected chi connectivity index (χ0v) is 17.5. The van der Waals surface area contributed by atoms with E-state index in [0.717, 1.165) is 17.6 Å². The monoisotopic (exact) mass is 409 g/mol. The summed E-state index contributed by atoms with van der Waals surface area (Å²) in [5.74, 6) is 0.680. The molecule has 2 N–H and O–H groups in total. The summed E-state index contributed by atoms with van der Waals surface area (Å²) in [6, 6.07) is 15.2. The Morgan fingerprint density at radius 2 is 1.97 bits per heavy atom. The Bertz CT molecular complexity index is 1030. The molecule has 4 rings (SSSR count). The summed E-state index contributed by atoms with van der Waals surface area (Å²) >= 11 is 0. The number of phenolic OH excluding ortho intramolecular Hbond substituents is 1. The van der Waals surface area contributed by atoms with Gasteiger partial charge in [0.05, 0.1) is 20.2 Å². The molecule has 0 spiro atoms. The third-order valence-corrected chi connectivity index (χ3v) is 5.23. The Morgan fingerprint density at radius 3 is 2.63 bits per heavy atom. The molecule has 0 radical (unpaired) electrons. The molecule has 0 aliphatic carbocycles. The van der Waals surface area contributed by atoms with Crippen molar-refractivity contribution >= 4 is 23.2 Å². The number of aromatic nitrogens is 1. The zero-order valence-electron chi connectivity index (χ0n) is 17.5. The van der Waals surface area contributed by atoms with Gasteiger partial charge < -0.3 is 24.6 Å². The second kappa shape index (κ2) is 9.35. The number of benzene rings is 2. The molecule has 0 bridgehead atoms. The van der Waals surface area contributed by atoms with E-state index in [4.69, 9.17) is 9.84 Å². The molecule has 0 saturated heterocycles. The normalized spacial score (nSPS) is 15.0. The summed E-state index contributed by atoms with van der Waals surface area (Å²) in [5, 5.41) is 10.2. The molecule has 1 aromatic heterocycles. The van der Waals surface area contributed by atoms with Gasteiger partial charge in [-0.05, 0) is 37.1 Å². The number of nitrogens with one attached hydrogen (secondary N) is 1. The first kappa shape index (κ1) is 21.2. The summed E-state index contributed by atoms with van der Waals surface area (Å²) in [6.45, 7) is 2.77. The smallest absolute Gasteiger partial charge is 0.242 e. The molecule has 7 nitrogen and oxygen atoms in total. The van der Waals surface area contributed by atoms with E-state index in [1.165, 1.54) is 23.0 Å². The lowest BCUT2D eigenvalue weighted by Gasteiger charge is -2.34. The van der Waals surface area contributed by atoms with Crippen molar-refractivity contribution in [3.05, 3.63) is 59.8 Å². The van der Waals surface area contributed by atoms with Crippen molar-refractivity contribution in [2.24, 2.45) is 0 Å². The molecule has 2 aromatic carbocycles. The van der Waals surface area contributed by atoms with Gasteiger partial charge in [-0.2, -0.15) is 0 Å². The van der Waals surface area contributed by atoms with E-state index in [0.29, 0.717) is 18.7 Å². The predicted molar refractivity (Wildman–Crippen MR) is 115 cm³/mol. The zero-order chi connectivity index (χ0) is 21.7. The fraction of sp³-hybridized carbons (Fsp3) is 0.304. The third kappa shape index (κ3) is 4.56. The van der Waals surface area contributed by atoms with Crippen molar-refractivity contribution in [2.75, 3.05) is 20.7 Å². The lowest BCUT2D eigenvalue weighted by atomic mass is 9.97. The predicted octanol–water partition coefficient (Wildman–Crippen LogP) is 2.93. The number of aromatic hydroxyl groups is 1. The molecule has 30 heavy (non-hydrogen) atoms. The summed E-state index contributed by atoms with van der Waals surface area (Å²) in [6.07, 6.45) is 1.52. The number of methoxy groups -OCH3 is 1. The number of hydrogen-bond donors (Lipinski definition) is 2. The minimum Gasteiger partial charge on any atom is -0.504 e. The number of phenols is 1. The van der Waals surface area contributed by atoms with Crippen LogP contribution in [-0.2, 0) is 22.6 Å². The lowest BCUT2D eigenvalue weighted by molar-refractivity contribution is -0.137. The number of H-pyrrole nitrogens is 1. The van der Waals surface area contributed by atoms with Gasteiger partial charge in [0.2, 0.25) is 12.3 Å². The highest BCUT2D eigenvalue weighted by atomic mass is 16.5. The number of ether oxygens (including phenoxy) is 1. The Labute approximate surface area is 175 Å². The van der Waals surface area contributed by atoms with E-state index in [-0.39, 0.29) is 24.2 Å². The fourth-order valence-corrected chi connectivity index (χ4v) is 3.66. The second-order valence-electron chi connectivity index (χ2n) is 7.39. The number of hydrogen-bond acceptors (Lipinski definition) is 4. The van der Waals surface area contributed by atoms with Gasteiger partial charge in [0.25, 0.3) is 0 Å². The van der Waals surface area contributed by atoms with Crippen LogP contribution in [0.5, 0.6) is 11.5 Å². The van der Waals surface area contributed by atoms with Gasteiger partial charge in [0.15, 0.2) is 11.5 Å². The average molecular weight is 409 g/mol. The van der Waals surface area contributed by atoms with E-state index in [1.807, 2.05) is 17.0 Å². The summed E-state index contributed by atoms with van der Waals surface area (Å²) in [7, 11) is 3.14. The van der Waals surface area contributed by atoms with Crippen LogP contribution in [0.2, 0.25) is 0 Å². The maximum absolute atomic E-state index is 12.3. The van der Waals surface area contributed by atoms with E-state index in [2.05, 4.69) is 24.0 Å². The first-order valence-corrected chi connectivity index (χ1v) is 9.80. The largest absolute Gasteiger partial charge is 0.504 e. The van der Waals surface area contributed by atoms with E-state index in [1.54, 1.807) is 31.3 Å². The Morgan fingerprint density at radius 1 is 1.27 bits per heavy atom. The minimum atomic E-state index is -0.0126. The molecular weight excluding hydrogens is 382 g/mol. The van der Waals surface area contributed by atoms with Crippen LogP contribution in [0.1, 0.15) is 18.2 Å². The molecule has 1 aliphatic rings. The average Bonchev–Trinajstić information content (AvgIpc) is 3.11. The van der Waals surface area contributed by atoms with Crippen LogP contribution in [-0.4, -0.2) is 59.0 Å². The van der Waals surface area contributed by atoms with Crippen LogP contribution in [0, 0.1) is 0 Å². The van der Waals surface area contributed by atoms with Crippen molar-refractivity contribution in [3.63, 3.8) is 0 Å². The van der Waals surface area contributed by atoms with Gasteiger partial charge in [-0.15, -0.1) is 0 Å². The highest BCUT2D eigenvalue weighted by molar-refractivity contribution is 5.86. The molecule has 158 valence electrons. The van der Waals surface area contributed by atoms with Crippen LogP contribution < -0.4 is 4.74 Å². The highest BCUT2D eigenvalue weighted by Gasteiger charge is 2.29. The molecule has 1 aliphatic heterocycles. The Hall–Kier alpha value is -3.48. The SMILES string of the molecule is COc1ccccc1O.C[C@H]1Cc2c([nH]c3ccccc23)CN1C(=O)CN(C)C=O. The number of rotatable bonds is 4. The number of aromatic amines is 1. The van der Waals surface area contributed by atoms with E-state index < -0.39 is 0 Å². The Balaban J connectivity index is 0.000000239. The Kier molecular flexibility index (Phi) is 6.61. The number of para-hydroxylation sites is 3. The number of likely N-dealkylation sites (N-methyl/N-ethyl adjacent to an activating group) is 1. The van der Waals surface area contributed by atoms with Crippen molar-refractivity contribution in [3.8, 4) is 11.5 Å². The number of fused-ring (bicyclic) bond motifs is 3. The van der Waals surface area contributed by atoms with E-state index in [9.17, 15) is 9.59 Å². The van der Waals surface area contributed by atoms with Gasteiger partial charge in [-0.3, -0.25) is 9.59 Å². The van der Waals surface area contributed by atoms with Crippen molar-refractivity contribution < 1.29 is 19.4 Å². The molecule has 1 atom stereocenters. The van der Waals surface area contributed by atoms with E-state index >= 15 is 0 Å². The summed E-state index contributed by atoms with van der Waals surface area (Å²) in [4.78, 5) is 29.6. The van der Waals surface area contributed by atoms with Gasteiger partial charge in [0, 0.05) is 29.7 Å². The number of nitrogens with zero attached hydrogens (tertiary/aromatic N) is 2. The second-order valence-corrected chi connectivity index (χ2v) is 7.39. The van der Waals surface area contributed by atoms with Crippen LogP contribution >= 0.6 is 0 Å². The van der Waals surface area contributed by atoms with Crippen molar-refractivity contribution in [2.45, 2.75) is 25.9 Å². The molecule has 2 amide bonds. The fourth-order valence-electron chi connectivity index (χ4n) is 3.66. The van der Waals surface area contributed by atoms with Gasteiger partial charge in [0.1, 0.15) is 0 Å². The van der Waals surface area contributed by atoms with Crippen LogP contribution in [0.4, 0.5) is 0 Å². The number of amides is 2. The highest BCUT2D eigenvalue weighted by Crippen LogP contribution is 2.30. The first-order valence-electron chi connectivity index (χ1n) is 9.80. The van der Waals surface area contributed by atoms with Crippen LogP contribution in [0.15, 0.2) is 48.5 Å². The summed E-state index contributed by atoms with van der Waals surface area (Å²) in [5.41, 5.74) is 3.54. The molecule has 0 unspecified atom stereocenters. The first-order chi connectivity index (χ1) is 14.4. The van der Waals surface area contributed by atoms with Crippen LogP contribution in [0.25, 0.3) is 10.9 Å². The molecular formula is C23H27N3O4. The standard InChI is InChI=1S/C16H19N3O2.C7H8O2/c1-11-7-13-12-5-3-4-6-14(12)17-15(13)8-19(11)16(21)9-18(2)10-20;1-9-7-5-3-2-4-6(7)8/h3-6,10-11,17H,7-9H2,1-2H3;2-5,8H,1H3/t11-;/m0./s1. The molecule has 0 saturated carbocycles. The lowest BCUT2D eigenvalue weighted by Crippen LogP contribution is -2.46. The maximum Gasteiger partial charge on any atom is 0.242 e. The molecule has 2 heterocycles. The van der Waals surface area contributed by atoms with Crippen molar-refractivity contribution in [1.82, 2.24) is 14.8 Å². The minimum absolute atomic E-state index is 0.0126. The number of carbonyl (C=O) groups excluding carboxylic acids is 2. The topological polar surface area (TPSA) is 85.9 Å². The molecule has 7 heteroatoms. The van der Waals surface area contributed by atoms with Crippen molar-refractivity contribution in [1.29, 1.82) is 0 Å². The summed E-state index contributed by atoms with van der Waals surface area (Å²) < 4.78 is 4.79. The molecule has 3 aromatic rings.